The highest BCUT2D eigenvalue weighted by Gasteiger charge is 2.02. The van der Waals surface area contributed by atoms with Gasteiger partial charge in [-0.2, -0.15) is 0 Å². The van der Waals surface area contributed by atoms with E-state index in [4.69, 9.17) is 11.6 Å². The lowest BCUT2D eigenvalue weighted by atomic mass is 10.2. The van der Waals surface area contributed by atoms with Crippen LogP contribution in [0.2, 0.25) is 5.02 Å². The molecule has 0 amide bonds. The highest BCUT2D eigenvalue weighted by atomic mass is 35.5. The molecule has 0 unspecified atom stereocenters. The monoisotopic (exact) mass is 325 g/mol. The standard InChI is InChI=1S/C18H16ClN3O/c1-22(2)14-7-3-12(4-8-14)5-10-17-20-16-11-13(19)6-9-15(16)18(23)21-17/h3-11H,1-2H3,(H,20,21,23)/b10-5+. The molecule has 0 spiro atoms. The number of H-pyrrole nitrogens is 1. The number of hydrogen-bond acceptors (Lipinski definition) is 3. The molecule has 0 radical (unpaired) electrons. The molecule has 2 aromatic carbocycles. The van der Waals surface area contributed by atoms with Crippen molar-refractivity contribution in [2.24, 2.45) is 0 Å². The van der Waals surface area contributed by atoms with Gasteiger partial charge in [-0.25, -0.2) is 4.98 Å². The maximum Gasteiger partial charge on any atom is 0.259 e. The van der Waals surface area contributed by atoms with Crippen LogP contribution in [0.25, 0.3) is 23.1 Å². The van der Waals surface area contributed by atoms with Crippen molar-refractivity contribution in [1.82, 2.24) is 9.97 Å². The van der Waals surface area contributed by atoms with Gasteiger partial charge in [0.15, 0.2) is 0 Å². The summed E-state index contributed by atoms with van der Waals surface area (Å²) < 4.78 is 0. The lowest BCUT2D eigenvalue weighted by molar-refractivity contribution is 1.13. The van der Waals surface area contributed by atoms with Gasteiger partial charge in [0.05, 0.1) is 10.9 Å². The van der Waals surface area contributed by atoms with Gasteiger partial charge in [0.25, 0.3) is 5.56 Å². The summed E-state index contributed by atoms with van der Waals surface area (Å²) >= 11 is 5.96. The van der Waals surface area contributed by atoms with Crippen molar-refractivity contribution < 1.29 is 0 Å². The number of anilines is 1. The lowest BCUT2D eigenvalue weighted by Crippen LogP contribution is -2.09. The SMILES string of the molecule is CN(C)c1ccc(/C=C/c2nc3cc(Cl)ccc3c(=O)[nH]2)cc1. The zero-order chi connectivity index (χ0) is 16.4. The number of benzene rings is 2. The van der Waals surface area contributed by atoms with Crippen LogP contribution in [0.4, 0.5) is 5.69 Å². The van der Waals surface area contributed by atoms with E-state index in [-0.39, 0.29) is 5.56 Å². The molecule has 23 heavy (non-hydrogen) atoms. The Labute approximate surface area is 139 Å². The summed E-state index contributed by atoms with van der Waals surface area (Å²) in [5.41, 5.74) is 2.58. The zero-order valence-electron chi connectivity index (χ0n) is 12.9. The maximum atomic E-state index is 12.1. The predicted octanol–water partition coefficient (Wildman–Crippen LogP) is 3.81. The molecular weight excluding hydrogens is 310 g/mol. The van der Waals surface area contributed by atoms with E-state index in [0.717, 1.165) is 11.3 Å². The first kappa shape index (κ1) is 15.3. The highest BCUT2D eigenvalue weighted by molar-refractivity contribution is 6.31. The normalized spacial score (nSPS) is 11.3. The van der Waals surface area contributed by atoms with Crippen molar-refractivity contribution in [2.75, 3.05) is 19.0 Å². The van der Waals surface area contributed by atoms with Crippen molar-refractivity contribution >= 4 is 40.3 Å². The van der Waals surface area contributed by atoms with Crippen LogP contribution in [-0.4, -0.2) is 24.1 Å². The fourth-order valence-electron chi connectivity index (χ4n) is 2.27. The Balaban J connectivity index is 1.93. The fraction of sp³-hybridized carbons (Fsp3) is 0.111. The number of nitrogens with one attached hydrogen (secondary N) is 1. The van der Waals surface area contributed by atoms with Crippen LogP contribution in [-0.2, 0) is 0 Å². The van der Waals surface area contributed by atoms with Crippen LogP contribution < -0.4 is 10.5 Å². The third kappa shape index (κ3) is 3.43. The molecule has 3 aromatic rings. The van der Waals surface area contributed by atoms with E-state index in [2.05, 4.69) is 9.97 Å². The zero-order valence-corrected chi connectivity index (χ0v) is 13.6. The molecule has 0 aliphatic heterocycles. The number of aromatic amines is 1. The topological polar surface area (TPSA) is 49.0 Å². The van der Waals surface area contributed by atoms with Gasteiger partial charge >= 0.3 is 0 Å². The summed E-state index contributed by atoms with van der Waals surface area (Å²) in [6.45, 7) is 0. The number of halogens is 1. The molecule has 0 saturated carbocycles. The van der Waals surface area contributed by atoms with Gasteiger partial charge in [-0.3, -0.25) is 4.79 Å². The predicted molar refractivity (Wildman–Crippen MR) is 97.1 cm³/mol. The molecule has 0 aliphatic rings. The van der Waals surface area contributed by atoms with Crippen LogP contribution in [0.15, 0.2) is 47.3 Å². The Morgan fingerprint density at radius 2 is 1.83 bits per heavy atom. The molecule has 0 bridgehead atoms. The van der Waals surface area contributed by atoms with E-state index >= 15 is 0 Å². The molecule has 0 saturated heterocycles. The minimum absolute atomic E-state index is 0.172. The molecule has 1 heterocycles. The van der Waals surface area contributed by atoms with E-state index in [1.165, 1.54) is 0 Å². The van der Waals surface area contributed by atoms with Crippen LogP contribution in [0.3, 0.4) is 0 Å². The summed E-state index contributed by atoms with van der Waals surface area (Å²) in [7, 11) is 4.00. The van der Waals surface area contributed by atoms with Gasteiger partial charge in [-0.1, -0.05) is 29.8 Å². The average Bonchev–Trinajstić information content (AvgIpc) is 2.53. The second kappa shape index (κ2) is 6.26. The Kier molecular flexibility index (Phi) is 4.17. The van der Waals surface area contributed by atoms with Gasteiger partial charge in [0.1, 0.15) is 5.82 Å². The minimum atomic E-state index is -0.172. The second-order valence-corrected chi connectivity index (χ2v) is 5.87. The van der Waals surface area contributed by atoms with Crippen molar-refractivity contribution in [3.05, 3.63) is 69.2 Å². The first-order valence-electron chi connectivity index (χ1n) is 7.18. The summed E-state index contributed by atoms with van der Waals surface area (Å²) in [5, 5.41) is 1.09. The van der Waals surface area contributed by atoms with E-state index in [0.29, 0.717) is 21.7 Å². The third-order valence-electron chi connectivity index (χ3n) is 3.53. The Bertz CT molecular complexity index is 927. The van der Waals surface area contributed by atoms with Crippen LogP contribution in [0.5, 0.6) is 0 Å². The van der Waals surface area contributed by atoms with Crippen LogP contribution in [0.1, 0.15) is 11.4 Å². The van der Waals surface area contributed by atoms with E-state index < -0.39 is 0 Å². The van der Waals surface area contributed by atoms with Gasteiger partial charge < -0.3 is 9.88 Å². The Morgan fingerprint density at radius 3 is 2.52 bits per heavy atom. The minimum Gasteiger partial charge on any atom is -0.378 e. The van der Waals surface area contributed by atoms with Crippen LogP contribution in [0, 0.1) is 0 Å². The number of fused-ring (bicyclic) bond motifs is 1. The number of aromatic nitrogens is 2. The van der Waals surface area contributed by atoms with Crippen molar-refractivity contribution in [1.29, 1.82) is 0 Å². The van der Waals surface area contributed by atoms with Crippen LogP contribution >= 0.6 is 11.6 Å². The molecule has 0 fully saturated rings. The molecular formula is C18H16ClN3O. The Hall–Kier alpha value is -2.59. The molecule has 1 aromatic heterocycles. The smallest absolute Gasteiger partial charge is 0.259 e. The van der Waals surface area contributed by atoms with Crippen molar-refractivity contribution in [2.45, 2.75) is 0 Å². The van der Waals surface area contributed by atoms with Gasteiger partial charge in [0.2, 0.25) is 0 Å². The highest BCUT2D eigenvalue weighted by Crippen LogP contribution is 2.16. The van der Waals surface area contributed by atoms with E-state index in [9.17, 15) is 4.79 Å². The largest absolute Gasteiger partial charge is 0.378 e. The van der Waals surface area contributed by atoms with Gasteiger partial charge in [0, 0.05) is 24.8 Å². The second-order valence-electron chi connectivity index (χ2n) is 5.43. The number of nitrogens with zero attached hydrogens (tertiary/aromatic N) is 2. The maximum absolute atomic E-state index is 12.1. The van der Waals surface area contributed by atoms with Crippen molar-refractivity contribution in [3.63, 3.8) is 0 Å². The number of rotatable bonds is 3. The van der Waals surface area contributed by atoms with E-state index in [1.807, 2.05) is 49.3 Å². The molecule has 0 atom stereocenters. The third-order valence-corrected chi connectivity index (χ3v) is 3.77. The van der Waals surface area contributed by atoms with E-state index in [1.54, 1.807) is 24.3 Å². The Morgan fingerprint density at radius 1 is 1.09 bits per heavy atom. The lowest BCUT2D eigenvalue weighted by Gasteiger charge is -2.11. The van der Waals surface area contributed by atoms with Gasteiger partial charge in [-0.05, 0) is 42.0 Å². The first-order valence-corrected chi connectivity index (χ1v) is 7.56. The number of hydrogen-bond donors (Lipinski definition) is 1. The molecule has 3 rings (SSSR count). The van der Waals surface area contributed by atoms with Crippen molar-refractivity contribution in [3.8, 4) is 0 Å². The molecule has 4 nitrogen and oxygen atoms in total. The molecule has 5 heteroatoms. The summed E-state index contributed by atoms with van der Waals surface area (Å²) in [4.78, 5) is 21.3. The summed E-state index contributed by atoms with van der Waals surface area (Å²) in [6, 6.07) is 13.2. The summed E-state index contributed by atoms with van der Waals surface area (Å²) in [5.74, 6) is 0.501. The fourth-order valence-corrected chi connectivity index (χ4v) is 2.43. The van der Waals surface area contributed by atoms with Gasteiger partial charge in [-0.15, -0.1) is 0 Å². The average molecular weight is 326 g/mol. The molecule has 1 N–H and O–H groups in total. The molecule has 0 aliphatic carbocycles. The summed E-state index contributed by atoms with van der Waals surface area (Å²) in [6.07, 6.45) is 3.69. The molecule has 116 valence electrons. The quantitative estimate of drug-likeness (QED) is 0.796. The first-order chi connectivity index (χ1) is 11.0.